The van der Waals surface area contributed by atoms with Crippen molar-refractivity contribution in [2.75, 3.05) is 13.5 Å². The van der Waals surface area contributed by atoms with Crippen molar-refractivity contribution in [2.45, 2.75) is 20.0 Å². The summed E-state index contributed by atoms with van der Waals surface area (Å²) in [5, 5.41) is 0. The molecule has 0 aliphatic carbocycles. The molecule has 0 bridgehead atoms. The molecule has 0 saturated carbocycles. The fourth-order valence-corrected chi connectivity index (χ4v) is 4.53. The molecule has 4 aromatic carbocycles. The van der Waals surface area contributed by atoms with E-state index in [0.717, 1.165) is 34.6 Å². The Kier molecular flexibility index (Phi) is 7.77. The quantitative estimate of drug-likeness (QED) is 0.103. The van der Waals surface area contributed by atoms with E-state index < -0.39 is 40.7 Å². The van der Waals surface area contributed by atoms with Crippen molar-refractivity contribution >= 4 is 23.8 Å². The lowest BCUT2D eigenvalue weighted by Gasteiger charge is -2.15. The molecule has 0 atom stereocenters. The van der Waals surface area contributed by atoms with Crippen LogP contribution >= 0.6 is 0 Å². The number of benzene rings is 4. The fourth-order valence-electron chi connectivity index (χ4n) is 4.53. The molecule has 0 unspecified atom stereocenters. The third-order valence-corrected chi connectivity index (χ3v) is 6.69. The second kappa shape index (κ2) is 11.3. The monoisotopic (exact) mass is 588 g/mol. The lowest BCUT2D eigenvalue weighted by Crippen LogP contribution is -2.22. The van der Waals surface area contributed by atoms with Crippen LogP contribution < -0.4 is 9.47 Å². The van der Waals surface area contributed by atoms with Gasteiger partial charge in [0, 0.05) is 12.1 Å². The number of alkyl halides is 3. The zero-order valence-corrected chi connectivity index (χ0v) is 22.3. The topological polar surface area (TPSA) is 24.5 Å². The summed E-state index contributed by atoms with van der Waals surface area (Å²) in [6.07, 6.45) is -0.931. The van der Waals surface area contributed by atoms with Crippen LogP contribution in [-0.2, 0) is 6.18 Å². The Hall–Kier alpha value is -4.67. The Bertz CT molecular complexity index is 1730. The highest BCUT2D eigenvalue weighted by atomic mass is 19.4. The predicted octanol–water partition coefficient (Wildman–Crippen LogP) is 7.79. The summed E-state index contributed by atoms with van der Waals surface area (Å²) in [7, 11) is 0. The molecule has 0 fully saturated rings. The van der Waals surface area contributed by atoms with Gasteiger partial charge in [0.05, 0.1) is 22.8 Å². The lowest BCUT2D eigenvalue weighted by atomic mass is 10.1. The van der Waals surface area contributed by atoms with E-state index in [2.05, 4.69) is 0 Å². The zero-order chi connectivity index (χ0) is 30.2. The number of hydrogen-bond donors (Lipinski definition) is 0. The third-order valence-electron chi connectivity index (χ3n) is 6.69. The van der Waals surface area contributed by atoms with Gasteiger partial charge in [0.25, 0.3) is 19.1 Å². The van der Waals surface area contributed by atoms with E-state index in [1.807, 2.05) is 44.3 Å². The molecule has 0 spiro atoms. The molecule has 216 valence electrons. The molecule has 0 radical (unpaired) electrons. The Morgan fingerprint density at radius 2 is 1.17 bits per heavy atom. The van der Waals surface area contributed by atoms with E-state index in [0.29, 0.717) is 23.1 Å². The van der Waals surface area contributed by atoms with Gasteiger partial charge in [-0.05, 0) is 49.2 Å². The number of nitrogens with zero attached hydrogens (tertiary/aromatic N) is 2. The largest absolute Gasteiger partial charge is 0.435 e. The molecule has 2 heterocycles. The van der Waals surface area contributed by atoms with E-state index >= 15 is 0 Å². The highest BCUT2D eigenvalue weighted by molar-refractivity contribution is 5.83. The predicted molar refractivity (Wildman–Crippen MR) is 141 cm³/mol. The van der Waals surface area contributed by atoms with Gasteiger partial charge in [-0.3, -0.25) is 0 Å². The van der Waals surface area contributed by atoms with Gasteiger partial charge in [-0.25, -0.2) is 13.2 Å². The van der Waals surface area contributed by atoms with Crippen molar-refractivity contribution in [2.24, 2.45) is 0 Å². The van der Waals surface area contributed by atoms with Gasteiger partial charge in [0.1, 0.15) is 11.5 Å². The summed E-state index contributed by atoms with van der Waals surface area (Å²) in [6, 6.07) is 16.8. The fraction of sp³-hybridized carbons (Fsp3) is 0.161. The first kappa shape index (κ1) is 28.8. The number of hydrogen-bond acceptors (Lipinski definition) is 2. The summed E-state index contributed by atoms with van der Waals surface area (Å²) in [5.41, 5.74) is 3.08. The highest BCUT2D eigenvalue weighted by Gasteiger charge is 2.31. The Morgan fingerprint density at radius 1 is 0.643 bits per heavy atom. The van der Waals surface area contributed by atoms with Gasteiger partial charge >= 0.3 is 6.18 Å². The number of halogens is 7. The molecule has 0 amide bonds. The van der Waals surface area contributed by atoms with Crippen LogP contribution in [0.5, 0.6) is 11.5 Å². The van der Waals surface area contributed by atoms with Crippen LogP contribution in [0.1, 0.15) is 27.8 Å². The molecule has 0 aromatic heterocycles. The van der Waals surface area contributed by atoms with Crippen molar-refractivity contribution in [3.05, 3.63) is 118 Å². The van der Waals surface area contributed by atoms with E-state index in [-0.39, 0.29) is 13.5 Å². The summed E-state index contributed by atoms with van der Waals surface area (Å²) >= 11 is 0. The van der Waals surface area contributed by atoms with Gasteiger partial charge in [-0.2, -0.15) is 26.7 Å². The number of aryl methyl sites for hydroxylation is 2. The molecule has 0 saturated heterocycles. The van der Waals surface area contributed by atoms with Gasteiger partial charge in [0.2, 0.25) is 17.3 Å². The molecule has 4 aromatic rings. The molecule has 2 aliphatic rings. The number of ether oxygens (including phenoxy) is 2. The van der Waals surface area contributed by atoms with Gasteiger partial charge in [0.15, 0.2) is 24.1 Å². The van der Waals surface area contributed by atoms with Crippen LogP contribution in [0.2, 0.25) is 0 Å². The van der Waals surface area contributed by atoms with E-state index in [9.17, 15) is 30.7 Å². The van der Waals surface area contributed by atoms with Crippen LogP contribution in [0.4, 0.5) is 42.1 Å². The normalized spacial score (nSPS) is 13.8. The summed E-state index contributed by atoms with van der Waals surface area (Å²) in [5.74, 6) is -5.13. The Balaban J connectivity index is 0.000000168. The second-order valence-electron chi connectivity index (χ2n) is 9.60. The summed E-state index contributed by atoms with van der Waals surface area (Å²) in [6.45, 7) is 3.96. The molecule has 6 rings (SSSR count). The number of fused-ring (bicyclic) bond motifs is 2. The van der Waals surface area contributed by atoms with Crippen molar-refractivity contribution in [1.29, 1.82) is 0 Å². The van der Waals surface area contributed by atoms with Gasteiger partial charge < -0.3 is 9.47 Å². The SMILES string of the molecule is Cc1cccc2c1OC[N+](c1cc(F)c(F)c(F)c1F)=C2.Cc1cccc2c1OC[N+](c1ccc(C(F)(F)F)cc1)=C2. The standard InChI is InChI=1S/C16H13F3NO.C15H10F4NO/c1-11-3-2-4-12-9-20(10-21-15(11)12)14-7-5-13(6-8-14)16(17,18)19;1-8-3-2-4-9-6-20(7-21-15(8)9)11-5-10(16)12(17)14(19)13(11)18/h2-9H,10H2,1H3;2-6H,7H2,1H3/q2*+1. The number of rotatable bonds is 2. The Morgan fingerprint density at radius 3 is 1.71 bits per heavy atom. The van der Waals surface area contributed by atoms with Crippen molar-refractivity contribution in [1.82, 2.24) is 0 Å². The van der Waals surface area contributed by atoms with E-state index in [4.69, 9.17) is 9.47 Å². The van der Waals surface area contributed by atoms with E-state index in [1.54, 1.807) is 16.7 Å². The first-order chi connectivity index (χ1) is 19.9. The average molecular weight is 589 g/mol. The molecule has 4 nitrogen and oxygen atoms in total. The van der Waals surface area contributed by atoms with Crippen LogP contribution in [0.15, 0.2) is 66.7 Å². The maximum Gasteiger partial charge on any atom is 0.416 e. The maximum absolute atomic E-state index is 13.8. The molecule has 42 heavy (non-hydrogen) atoms. The van der Waals surface area contributed by atoms with Gasteiger partial charge in [-0.1, -0.05) is 24.3 Å². The van der Waals surface area contributed by atoms with Gasteiger partial charge in [-0.15, -0.1) is 0 Å². The molecular weight excluding hydrogens is 565 g/mol. The van der Waals surface area contributed by atoms with Crippen LogP contribution in [0.25, 0.3) is 0 Å². The number of para-hydroxylation sites is 2. The minimum absolute atomic E-state index is 0.126. The first-order valence-corrected chi connectivity index (χ1v) is 12.6. The van der Waals surface area contributed by atoms with Crippen LogP contribution in [-0.4, -0.2) is 35.0 Å². The Labute approximate surface area is 236 Å². The van der Waals surface area contributed by atoms with Crippen LogP contribution in [0.3, 0.4) is 0 Å². The van der Waals surface area contributed by atoms with Crippen molar-refractivity contribution in [3.63, 3.8) is 0 Å². The second-order valence-corrected chi connectivity index (χ2v) is 9.60. The zero-order valence-electron chi connectivity index (χ0n) is 22.3. The maximum atomic E-state index is 13.8. The third kappa shape index (κ3) is 5.72. The molecule has 11 heteroatoms. The summed E-state index contributed by atoms with van der Waals surface area (Å²) in [4.78, 5) is 0. The minimum Gasteiger partial charge on any atom is -0.435 e. The van der Waals surface area contributed by atoms with E-state index in [1.165, 1.54) is 22.9 Å². The average Bonchev–Trinajstić information content (AvgIpc) is 2.98. The first-order valence-electron chi connectivity index (χ1n) is 12.6. The smallest absolute Gasteiger partial charge is 0.416 e. The molecular formula is C31H23F7N2O2+2. The van der Waals surface area contributed by atoms with Crippen molar-refractivity contribution in [3.8, 4) is 11.5 Å². The molecule has 2 aliphatic heterocycles. The summed E-state index contributed by atoms with van der Waals surface area (Å²) < 4.78 is 105. The lowest BCUT2D eigenvalue weighted by molar-refractivity contribution is -0.478. The minimum atomic E-state index is -4.32. The molecule has 0 N–H and O–H groups in total. The van der Waals surface area contributed by atoms with Crippen molar-refractivity contribution < 1.29 is 49.4 Å². The van der Waals surface area contributed by atoms with Crippen LogP contribution in [0, 0.1) is 37.1 Å². The highest BCUT2D eigenvalue weighted by Crippen LogP contribution is 2.32.